The van der Waals surface area contributed by atoms with Crippen LogP contribution in [-0.2, 0) is 19.1 Å². The number of rotatable bonds is 39. The highest BCUT2D eigenvalue weighted by Crippen LogP contribution is 2.20. The second-order valence-electron chi connectivity index (χ2n) is 15.4. The van der Waals surface area contributed by atoms with Crippen molar-refractivity contribution in [2.45, 2.75) is 253 Å². The zero-order valence-corrected chi connectivity index (χ0v) is 35.9. The first-order valence-electron chi connectivity index (χ1n) is 23.0. The minimum absolute atomic E-state index is 0.0153. The van der Waals surface area contributed by atoms with Gasteiger partial charge in [-0.1, -0.05) is 183 Å². The van der Waals surface area contributed by atoms with Crippen LogP contribution in [-0.4, -0.2) is 38.2 Å². The molecule has 0 fully saturated rings. The van der Waals surface area contributed by atoms with E-state index in [0.717, 1.165) is 25.7 Å². The van der Waals surface area contributed by atoms with Crippen LogP contribution in [0.1, 0.15) is 247 Å². The minimum atomic E-state index is 0.0153. The number of hydrogen-bond donors (Lipinski definition) is 1. The summed E-state index contributed by atoms with van der Waals surface area (Å²) in [4.78, 5) is 24.6. The maximum Gasteiger partial charge on any atom is 0.305 e. The third-order valence-corrected chi connectivity index (χ3v) is 10.6. The Bertz CT molecular complexity index is 643. The van der Waals surface area contributed by atoms with Crippen LogP contribution in [0.15, 0.2) is 0 Å². The fraction of sp³-hybridized carbons (Fsp3) is 0.957. The summed E-state index contributed by atoms with van der Waals surface area (Å²) in [6.07, 6.45) is 38.2. The van der Waals surface area contributed by atoms with Crippen molar-refractivity contribution in [2.24, 2.45) is 11.8 Å². The molecule has 5 heteroatoms. The van der Waals surface area contributed by atoms with Crippen molar-refractivity contribution in [3.63, 3.8) is 0 Å². The minimum Gasteiger partial charge on any atom is -0.465 e. The Morgan fingerprint density at radius 3 is 1.06 bits per heavy atom. The Balaban J connectivity index is 0. The van der Waals surface area contributed by atoms with Gasteiger partial charge in [0.2, 0.25) is 0 Å². The normalized spacial score (nSPS) is 12.9. The highest BCUT2D eigenvalue weighted by atomic mass is 16.5. The highest BCUT2D eigenvalue weighted by Gasteiger charge is 2.13. The Morgan fingerprint density at radius 2 is 0.706 bits per heavy atom. The zero-order valence-electron chi connectivity index (χ0n) is 35.9. The molecule has 0 aromatic rings. The fourth-order valence-corrected chi connectivity index (χ4v) is 7.06. The molecular formula is C46H93NO4. The third-order valence-electron chi connectivity index (χ3n) is 10.6. The van der Waals surface area contributed by atoms with Crippen molar-refractivity contribution >= 4 is 11.9 Å². The van der Waals surface area contributed by atoms with Crippen LogP contribution in [0.5, 0.6) is 0 Å². The average Bonchev–Trinajstić information content (AvgIpc) is 3.15. The summed E-state index contributed by atoms with van der Waals surface area (Å²) in [7, 11) is 2.11. The predicted molar refractivity (Wildman–Crippen MR) is 224 cm³/mol. The van der Waals surface area contributed by atoms with E-state index in [0.29, 0.717) is 43.9 Å². The van der Waals surface area contributed by atoms with Crippen molar-refractivity contribution in [1.29, 1.82) is 0 Å². The average molecular weight is 724 g/mol. The highest BCUT2D eigenvalue weighted by molar-refractivity contribution is 5.69. The molecule has 0 aliphatic rings. The number of carbonyl (C=O) groups excluding carboxylic acids is 2. The van der Waals surface area contributed by atoms with E-state index < -0.39 is 0 Å². The summed E-state index contributed by atoms with van der Waals surface area (Å²) in [5.74, 6) is 1.14. The van der Waals surface area contributed by atoms with Crippen molar-refractivity contribution in [3.8, 4) is 0 Å². The summed E-state index contributed by atoms with van der Waals surface area (Å²) >= 11 is 0. The first kappa shape index (κ1) is 52.0. The second-order valence-corrected chi connectivity index (χ2v) is 15.4. The Labute approximate surface area is 320 Å². The predicted octanol–water partition coefficient (Wildman–Crippen LogP) is 14.5. The Morgan fingerprint density at radius 1 is 0.412 bits per heavy atom. The monoisotopic (exact) mass is 724 g/mol. The smallest absolute Gasteiger partial charge is 0.305 e. The van der Waals surface area contributed by atoms with Gasteiger partial charge < -0.3 is 14.8 Å². The van der Waals surface area contributed by atoms with Crippen LogP contribution in [0, 0.1) is 11.8 Å². The number of hydrogen-bond acceptors (Lipinski definition) is 5. The number of nitrogens with one attached hydrogen (secondary N) is 1. The first-order chi connectivity index (χ1) is 25.0. The molecule has 1 N–H and O–H groups in total. The molecule has 0 saturated heterocycles. The molecule has 0 radical (unpaired) electrons. The summed E-state index contributed by atoms with van der Waals surface area (Å²) in [6.45, 7) is 14.3. The quantitative estimate of drug-likeness (QED) is 0.0505. The summed E-state index contributed by atoms with van der Waals surface area (Å²) in [5, 5.41) is 3.54. The lowest BCUT2D eigenvalue weighted by atomic mass is 9.96. The van der Waals surface area contributed by atoms with Gasteiger partial charge >= 0.3 is 11.9 Å². The van der Waals surface area contributed by atoms with Crippen molar-refractivity contribution in [2.75, 3.05) is 20.3 Å². The topological polar surface area (TPSA) is 64.6 Å². The Hall–Kier alpha value is -1.10. The van der Waals surface area contributed by atoms with Gasteiger partial charge in [0, 0.05) is 18.9 Å². The van der Waals surface area contributed by atoms with Gasteiger partial charge in [-0.15, -0.1) is 0 Å². The van der Waals surface area contributed by atoms with Crippen molar-refractivity contribution in [3.05, 3.63) is 0 Å². The molecule has 5 nitrogen and oxygen atoms in total. The molecule has 0 aromatic carbocycles. The SMILES string of the molecule is CC.CCCCCCC(CCCC)COC(=O)CCCCCCCCC(CCCCCCCCC(=O)OCC(CCCC)CCCCCC)NC. The van der Waals surface area contributed by atoms with Gasteiger partial charge in [-0.05, 0) is 70.3 Å². The van der Waals surface area contributed by atoms with E-state index in [1.807, 2.05) is 13.8 Å². The molecule has 0 heterocycles. The van der Waals surface area contributed by atoms with Gasteiger partial charge in [0.25, 0.3) is 0 Å². The van der Waals surface area contributed by atoms with Gasteiger partial charge in [0.15, 0.2) is 0 Å². The van der Waals surface area contributed by atoms with E-state index in [4.69, 9.17) is 9.47 Å². The zero-order chi connectivity index (χ0) is 38.0. The van der Waals surface area contributed by atoms with Crippen molar-refractivity contribution < 1.29 is 19.1 Å². The van der Waals surface area contributed by atoms with Crippen LogP contribution in [0.25, 0.3) is 0 Å². The molecule has 0 amide bonds. The van der Waals surface area contributed by atoms with Gasteiger partial charge in [-0.3, -0.25) is 9.59 Å². The molecule has 0 aliphatic carbocycles. The molecular weight excluding hydrogens is 631 g/mol. The molecule has 51 heavy (non-hydrogen) atoms. The lowest BCUT2D eigenvalue weighted by Gasteiger charge is -2.17. The van der Waals surface area contributed by atoms with Crippen LogP contribution in [0.2, 0.25) is 0 Å². The molecule has 0 aliphatic heterocycles. The molecule has 2 unspecified atom stereocenters. The second kappa shape index (κ2) is 43.3. The van der Waals surface area contributed by atoms with Crippen LogP contribution < -0.4 is 5.32 Å². The van der Waals surface area contributed by atoms with Crippen molar-refractivity contribution in [1.82, 2.24) is 5.32 Å². The number of unbranched alkanes of at least 4 members (excludes halogenated alkanes) is 18. The number of esters is 2. The summed E-state index contributed by atoms with van der Waals surface area (Å²) in [6, 6.07) is 0.630. The van der Waals surface area contributed by atoms with Crippen LogP contribution in [0.3, 0.4) is 0 Å². The van der Waals surface area contributed by atoms with E-state index in [2.05, 4.69) is 40.1 Å². The maximum absolute atomic E-state index is 12.3. The molecule has 0 saturated carbocycles. The maximum atomic E-state index is 12.3. The lowest BCUT2D eigenvalue weighted by Crippen LogP contribution is -2.24. The van der Waals surface area contributed by atoms with E-state index >= 15 is 0 Å². The van der Waals surface area contributed by atoms with Crippen LogP contribution in [0.4, 0.5) is 0 Å². The molecule has 0 spiro atoms. The van der Waals surface area contributed by atoms with E-state index in [1.165, 1.54) is 167 Å². The van der Waals surface area contributed by atoms with E-state index in [-0.39, 0.29) is 11.9 Å². The van der Waals surface area contributed by atoms with Crippen LogP contribution >= 0.6 is 0 Å². The van der Waals surface area contributed by atoms with Gasteiger partial charge in [0.1, 0.15) is 0 Å². The largest absolute Gasteiger partial charge is 0.465 e. The van der Waals surface area contributed by atoms with E-state index in [1.54, 1.807) is 0 Å². The molecule has 0 bridgehead atoms. The van der Waals surface area contributed by atoms with E-state index in [9.17, 15) is 9.59 Å². The first-order valence-corrected chi connectivity index (χ1v) is 23.0. The van der Waals surface area contributed by atoms with Gasteiger partial charge in [-0.2, -0.15) is 0 Å². The standard InChI is InChI=1S/C44H87NO4.C2H6/c1-6-10-14-24-32-40(30-12-8-3)38-48-43(46)36-28-22-18-16-20-26-34-42(45-5)35-27-21-17-19-23-29-37-44(47)49-39-41(31-13-9-4)33-25-15-11-7-2;1-2/h40-42,45H,6-39H2,1-5H3;1-2H3. The number of carbonyl (C=O) groups is 2. The molecule has 0 rings (SSSR count). The number of ether oxygens (including phenoxy) is 2. The molecule has 0 aromatic heterocycles. The molecule has 306 valence electrons. The Kier molecular flexibility index (Phi) is 44.2. The van der Waals surface area contributed by atoms with Gasteiger partial charge in [-0.25, -0.2) is 0 Å². The molecule has 2 atom stereocenters. The third kappa shape index (κ3) is 38.4. The summed E-state index contributed by atoms with van der Waals surface area (Å²) in [5.41, 5.74) is 0. The summed E-state index contributed by atoms with van der Waals surface area (Å²) < 4.78 is 11.4. The fourth-order valence-electron chi connectivity index (χ4n) is 7.06. The lowest BCUT2D eigenvalue weighted by molar-refractivity contribution is -0.146. The van der Waals surface area contributed by atoms with Gasteiger partial charge in [0.05, 0.1) is 13.2 Å².